The van der Waals surface area contributed by atoms with Crippen LogP contribution in [0.1, 0.15) is 44.6 Å². The number of hydrogen-bond donors (Lipinski definition) is 1. The predicted molar refractivity (Wildman–Crippen MR) is 138 cm³/mol. The van der Waals surface area contributed by atoms with Crippen molar-refractivity contribution in [2.24, 2.45) is 11.1 Å². The summed E-state index contributed by atoms with van der Waals surface area (Å²) < 4.78 is 34.5. The topological polar surface area (TPSA) is 73.4 Å². The van der Waals surface area contributed by atoms with Gasteiger partial charge in [0.25, 0.3) is 0 Å². The maximum absolute atomic E-state index is 14.2. The molecule has 3 rings (SSSR count). The number of hydrogen-bond acceptors (Lipinski definition) is 4. The van der Waals surface area contributed by atoms with E-state index in [9.17, 15) is 13.6 Å². The number of methoxy groups -OCH3 is 1. The third-order valence-corrected chi connectivity index (χ3v) is 6.09. The van der Waals surface area contributed by atoms with Crippen molar-refractivity contribution in [3.8, 4) is 11.3 Å². The molecule has 0 aliphatic rings. The smallest absolute Gasteiger partial charge is 0.249 e. The van der Waals surface area contributed by atoms with E-state index in [0.29, 0.717) is 24.4 Å². The standard InChI is InChI=1S/C28H36F2N4O2/c1-28(2,3)26(33(25(35)19-36-4)14-13-23(31)16-29)27-32-17-24(21-11-8-12-22(30)15-21)34(27)18-20-9-6-5-7-10-20/h5-12,15,17,23,26H,13-14,16,18-19,31H2,1-4H3. The van der Waals surface area contributed by atoms with Crippen LogP contribution in [0.25, 0.3) is 11.3 Å². The van der Waals surface area contributed by atoms with Crippen LogP contribution in [-0.4, -0.2) is 53.3 Å². The number of nitrogens with zero attached hydrogens (tertiary/aromatic N) is 3. The number of carbonyl (C=O) groups excluding carboxylic acids is 1. The second-order valence-electron chi connectivity index (χ2n) is 10.1. The molecule has 3 aromatic rings. The molecule has 0 aliphatic carbocycles. The first-order valence-corrected chi connectivity index (χ1v) is 12.1. The van der Waals surface area contributed by atoms with Crippen molar-refractivity contribution in [1.29, 1.82) is 0 Å². The summed E-state index contributed by atoms with van der Waals surface area (Å²) in [7, 11) is 1.47. The van der Waals surface area contributed by atoms with E-state index in [1.54, 1.807) is 17.2 Å². The summed E-state index contributed by atoms with van der Waals surface area (Å²) in [5.74, 6) is 0.0833. The van der Waals surface area contributed by atoms with Crippen molar-refractivity contribution in [3.05, 3.63) is 78.0 Å². The number of amides is 1. The molecule has 0 spiro atoms. The fourth-order valence-corrected chi connectivity index (χ4v) is 4.40. The van der Waals surface area contributed by atoms with Crippen LogP contribution in [-0.2, 0) is 16.1 Å². The molecule has 0 bridgehead atoms. The minimum Gasteiger partial charge on any atom is -0.375 e. The highest BCUT2D eigenvalue weighted by Gasteiger charge is 2.38. The Labute approximate surface area is 212 Å². The molecule has 194 valence electrons. The van der Waals surface area contributed by atoms with E-state index in [4.69, 9.17) is 15.5 Å². The monoisotopic (exact) mass is 498 g/mol. The molecule has 6 nitrogen and oxygen atoms in total. The normalized spacial score (nSPS) is 13.4. The van der Waals surface area contributed by atoms with Crippen molar-refractivity contribution >= 4 is 5.91 Å². The van der Waals surface area contributed by atoms with Crippen LogP contribution in [0, 0.1) is 11.2 Å². The molecule has 36 heavy (non-hydrogen) atoms. The summed E-state index contributed by atoms with van der Waals surface area (Å²) in [5.41, 5.74) is 7.89. The molecule has 2 N–H and O–H groups in total. The molecular weight excluding hydrogens is 462 g/mol. The number of aromatic nitrogens is 2. The number of ether oxygens (including phenoxy) is 1. The zero-order valence-corrected chi connectivity index (χ0v) is 21.5. The van der Waals surface area contributed by atoms with Gasteiger partial charge in [0.1, 0.15) is 24.9 Å². The summed E-state index contributed by atoms with van der Waals surface area (Å²) in [4.78, 5) is 19.8. The lowest BCUT2D eigenvalue weighted by Gasteiger charge is -2.40. The zero-order valence-electron chi connectivity index (χ0n) is 21.5. The van der Waals surface area contributed by atoms with Crippen molar-refractivity contribution < 1.29 is 18.3 Å². The Kier molecular flexibility index (Phi) is 9.34. The van der Waals surface area contributed by atoms with Gasteiger partial charge in [0, 0.05) is 31.8 Å². The van der Waals surface area contributed by atoms with Crippen LogP contribution in [0.5, 0.6) is 0 Å². The van der Waals surface area contributed by atoms with E-state index in [-0.39, 0.29) is 24.9 Å². The molecule has 1 aromatic heterocycles. The molecular formula is C28H36F2N4O2. The van der Waals surface area contributed by atoms with E-state index in [2.05, 4.69) is 0 Å². The van der Waals surface area contributed by atoms with Crippen LogP contribution in [0.2, 0.25) is 0 Å². The molecule has 2 unspecified atom stereocenters. The third-order valence-electron chi connectivity index (χ3n) is 6.09. The molecule has 8 heteroatoms. The molecule has 2 aromatic carbocycles. The van der Waals surface area contributed by atoms with Crippen LogP contribution < -0.4 is 5.73 Å². The predicted octanol–water partition coefficient (Wildman–Crippen LogP) is 4.99. The first kappa shape index (κ1) is 27.5. The van der Waals surface area contributed by atoms with Crippen LogP contribution >= 0.6 is 0 Å². The van der Waals surface area contributed by atoms with Crippen molar-refractivity contribution in [2.45, 2.75) is 45.8 Å². The van der Waals surface area contributed by atoms with Gasteiger partial charge in [-0.15, -0.1) is 0 Å². The van der Waals surface area contributed by atoms with Crippen molar-refractivity contribution in [2.75, 3.05) is 26.9 Å². The highest BCUT2D eigenvalue weighted by atomic mass is 19.1. The number of alkyl halides is 1. The number of benzene rings is 2. The van der Waals surface area contributed by atoms with Crippen LogP contribution in [0.3, 0.4) is 0 Å². The molecule has 1 heterocycles. The maximum atomic E-state index is 14.2. The number of halogens is 2. The number of nitrogens with two attached hydrogens (primary N) is 1. The van der Waals surface area contributed by atoms with Crippen LogP contribution in [0.4, 0.5) is 8.78 Å². The lowest BCUT2D eigenvalue weighted by Crippen LogP contribution is -2.45. The van der Waals surface area contributed by atoms with Gasteiger partial charge in [-0.2, -0.15) is 0 Å². The van der Waals surface area contributed by atoms with Gasteiger partial charge in [-0.05, 0) is 29.5 Å². The number of carbonyl (C=O) groups is 1. The van der Waals surface area contributed by atoms with E-state index in [1.807, 2.05) is 61.7 Å². The Balaban J connectivity index is 2.17. The highest BCUT2D eigenvalue weighted by molar-refractivity contribution is 5.78. The van der Waals surface area contributed by atoms with Gasteiger partial charge in [0.05, 0.1) is 17.9 Å². The zero-order chi connectivity index (χ0) is 26.3. The van der Waals surface area contributed by atoms with E-state index >= 15 is 0 Å². The fourth-order valence-electron chi connectivity index (χ4n) is 4.40. The molecule has 0 saturated carbocycles. The first-order valence-electron chi connectivity index (χ1n) is 12.1. The van der Waals surface area contributed by atoms with Crippen LogP contribution in [0.15, 0.2) is 60.8 Å². The summed E-state index contributed by atoms with van der Waals surface area (Å²) in [5, 5.41) is 0. The van der Waals surface area contributed by atoms with Crippen molar-refractivity contribution in [3.63, 3.8) is 0 Å². The Hall–Kier alpha value is -3.10. The van der Waals surface area contributed by atoms with E-state index in [0.717, 1.165) is 11.3 Å². The molecule has 0 aliphatic heterocycles. The lowest BCUT2D eigenvalue weighted by molar-refractivity contribution is -0.140. The molecule has 2 atom stereocenters. The number of imidazole rings is 1. The molecule has 0 saturated heterocycles. The Morgan fingerprint density at radius 1 is 1.17 bits per heavy atom. The SMILES string of the molecule is COCC(=O)N(CCC(N)CF)C(c1ncc(-c2cccc(F)c2)n1Cc1ccccc1)C(C)(C)C. The Morgan fingerprint density at radius 2 is 1.89 bits per heavy atom. The highest BCUT2D eigenvalue weighted by Crippen LogP contribution is 2.39. The summed E-state index contributed by atoms with van der Waals surface area (Å²) >= 11 is 0. The number of rotatable bonds is 11. The van der Waals surface area contributed by atoms with Gasteiger partial charge in [0.15, 0.2) is 0 Å². The van der Waals surface area contributed by atoms with Gasteiger partial charge >= 0.3 is 0 Å². The second kappa shape index (κ2) is 12.2. The van der Waals surface area contributed by atoms with Gasteiger partial charge < -0.3 is 19.9 Å². The molecule has 0 radical (unpaired) electrons. The largest absolute Gasteiger partial charge is 0.375 e. The third kappa shape index (κ3) is 6.77. The summed E-state index contributed by atoms with van der Waals surface area (Å²) in [6.07, 6.45) is 2.02. The quantitative estimate of drug-likeness (QED) is 0.404. The fraction of sp³-hybridized carbons (Fsp3) is 0.429. The second-order valence-corrected chi connectivity index (χ2v) is 10.1. The minimum absolute atomic E-state index is 0.117. The molecule has 0 fully saturated rings. The van der Waals surface area contributed by atoms with E-state index < -0.39 is 24.2 Å². The Morgan fingerprint density at radius 3 is 2.50 bits per heavy atom. The average molecular weight is 499 g/mol. The summed E-state index contributed by atoms with van der Waals surface area (Å²) in [6.45, 7) is 6.04. The molecule has 1 amide bonds. The Bertz CT molecular complexity index is 1130. The average Bonchev–Trinajstić information content (AvgIpc) is 3.23. The lowest BCUT2D eigenvalue weighted by atomic mass is 9.84. The minimum atomic E-state index is -0.671. The first-order chi connectivity index (χ1) is 17.2. The van der Waals surface area contributed by atoms with Gasteiger partial charge in [0.2, 0.25) is 5.91 Å². The van der Waals surface area contributed by atoms with E-state index in [1.165, 1.54) is 19.2 Å². The van der Waals surface area contributed by atoms with Gasteiger partial charge in [-0.1, -0.05) is 63.2 Å². The summed E-state index contributed by atoms with van der Waals surface area (Å²) in [6, 6.07) is 15.1. The van der Waals surface area contributed by atoms with Crippen molar-refractivity contribution in [1.82, 2.24) is 14.5 Å². The van der Waals surface area contributed by atoms with Gasteiger partial charge in [-0.3, -0.25) is 4.79 Å². The maximum Gasteiger partial charge on any atom is 0.249 e. The van der Waals surface area contributed by atoms with Gasteiger partial charge in [-0.25, -0.2) is 13.8 Å².